The van der Waals surface area contributed by atoms with E-state index in [0.717, 1.165) is 5.54 Å². The topological polar surface area (TPSA) is 0 Å². The van der Waals surface area contributed by atoms with Crippen LogP contribution < -0.4 is 0 Å². The highest BCUT2D eigenvalue weighted by Crippen LogP contribution is 2.25. The Hall–Kier alpha value is -1.03. The molecule has 0 nitrogen and oxygen atoms in total. The van der Waals surface area contributed by atoms with Crippen molar-refractivity contribution >= 4 is 11.6 Å². The molecule has 87 valence electrons. The number of allylic oxidation sites excluding steroid dienone is 1. The van der Waals surface area contributed by atoms with Crippen molar-refractivity contribution in [2.24, 2.45) is 0 Å². The molecule has 0 bridgehead atoms. The van der Waals surface area contributed by atoms with E-state index in [1.54, 1.807) is 0 Å². The van der Waals surface area contributed by atoms with Crippen LogP contribution in [0.5, 0.6) is 0 Å². The molecule has 0 aromatic heterocycles. The summed E-state index contributed by atoms with van der Waals surface area (Å²) < 4.78 is 52.8. The third-order valence-electron chi connectivity index (χ3n) is 2.09. The van der Waals surface area contributed by atoms with Gasteiger partial charge in [-0.3, -0.25) is 0 Å². The average molecular weight is 252 g/mol. The maximum absolute atomic E-state index is 13.3. The Morgan fingerprint density at radius 3 is 1.94 bits per heavy atom. The van der Waals surface area contributed by atoms with Crippen LogP contribution in [0.25, 0.3) is 0 Å². The van der Waals surface area contributed by atoms with E-state index >= 15 is 0 Å². The molecule has 16 heavy (non-hydrogen) atoms. The van der Waals surface area contributed by atoms with E-state index in [1.807, 2.05) is 0 Å². The van der Waals surface area contributed by atoms with Gasteiger partial charge in [0, 0.05) is 23.1 Å². The maximum Gasteiger partial charge on any atom is 0.165 e. The number of benzene rings is 1. The monoisotopic (exact) mass is 251 g/mol. The molecule has 1 aromatic rings. The van der Waals surface area contributed by atoms with E-state index in [9.17, 15) is 17.6 Å². The molecule has 0 aliphatic carbocycles. The van der Waals surface area contributed by atoms with Crippen LogP contribution in [0.1, 0.15) is 18.1 Å². The molecule has 0 spiro atoms. The molecule has 0 fully saturated rings. The zero-order chi connectivity index (χ0) is 12.5. The zero-order valence-corrected chi connectivity index (χ0v) is 9.14. The number of rotatable bonds is 2. The van der Waals surface area contributed by atoms with E-state index < -0.39 is 34.4 Å². The van der Waals surface area contributed by atoms with Crippen molar-refractivity contribution < 1.29 is 17.6 Å². The fourth-order valence-electron chi connectivity index (χ4n) is 1.20. The Morgan fingerprint density at radius 1 is 1.12 bits per heavy atom. The van der Waals surface area contributed by atoms with Gasteiger partial charge in [-0.05, 0) is 13.8 Å². The zero-order valence-electron chi connectivity index (χ0n) is 8.38. The van der Waals surface area contributed by atoms with E-state index in [1.165, 1.54) is 6.92 Å². The first-order valence-electron chi connectivity index (χ1n) is 4.32. The van der Waals surface area contributed by atoms with Crippen molar-refractivity contribution in [1.29, 1.82) is 0 Å². The van der Waals surface area contributed by atoms with Gasteiger partial charge in [-0.15, -0.1) is 0 Å². The van der Waals surface area contributed by atoms with Gasteiger partial charge in [-0.2, -0.15) is 0 Å². The molecule has 0 atom stereocenters. The Balaban J connectivity index is 3.40. The van der Waals surface area contributed by atoms with Crippen LogP contribution in [0.4, 0.5) is 17.6 Å². The molecule has 1 radical (unpaired) electrons. The lowest BCUT2D eigenvalue weighted by atomic mass is 10.0. The van der Waals surface area contributed by atoms with Gasteiger partial charge in [-0.25, -0.2) is 17.6 Å². The second-order valence-electron chi connectivity index (χ2n) is 3.35. The van der Waals surface area contributed by atoms with Crippen molar-refractivity contribution in [3.05, 3.63) is 52.4 Å². The smallest absolute Gasteiger partial charge is 0.165 e. The number of hydrogen-bond donors (Lipinski definition) is 0. The largest absolute Gasteiger partial charge is 0.203 e. The highest BCUT2D eigenvalue weighted by molar-refractivity contribution is 6.25. The highest BCUT2D eigenvalue weighted by atomic mass is 35.5. The number of halogens is 5. The lowest BCUT2D eigenvalue weighted by Crippen LogP contribution is -2.06. The third kappa shape index (κ3) is 2.21. The van der Waals surface area contributed by atoms with E-state index in [0.29, 0.717) is 5.57 Å². The summed E-state index contributed by atoms with van der Waals surface area (Å²) in [5.41, 5.74) is -0.120. The number of hydrogen-bond acceptors (Lipinski definition) is 0. The molecule has 0 aliphatic rings. The molecular formula is C11H8ClF4. The van der Waals surface area contributed by atoms with E-state index in [-0.39, 0.29) is 6.42 Å². The minimum absolute atomic E-state index is 0.296. The van der Waals surface area contributed by atoms with Crippen molar-refractivity contribution in [2.45, 2.75) is 13.3 Å². The third-order valence-corrected chi connectivity index (χ3v) is 2.46. The Kier molecular flexibility index (Phi) is 3.97. The van der Waals surface area contributed by atoms with Crippen LogP contribution in [-0.2, 0) is 6.42 Å². The van der Waals surface area contributed by atoms with Crippen LogP contribution in [0.3, 0.4) is 0 Å². The van der Waals surface area contributed by atoms with Gasteiger partial charge in [0.25, 0.3) is 0 Å². The Labute approximate surface area is 95.5 Å². The summed E-state index contributed by atoms with van der Waals surface area (Å²) in [4.78, 5) is 0. The standard InChI is InChI=1S/C11H8ClF4/c1-5(4-12)3-7-10(15)8(13)6(2)9(14)11(7)16/h4H,2-3H2,1H3. The molecule has 0 aliphatic heterocycles. The van der Waals surface area contributed by atoms with Crippen molar-refractivity contribution in [2.75, 3.05) is 0 Å². The molecule has 5 heteroatoms. The molecule has 0 heterocycles. The molecule has 1 aromatic carbocycles. The van der Waals surface area contributed by atoms with Crippen LogP contribution >= 0.6 is 11.6 Å². The van der Waals surface area contributed by atoms with Gasteiger partial charge in [0.15, 0.2) is 23.3 Å². The van der Waals surface area contributed by atoms with Gasteiger partial charge < -0.3 is 0 Å². The van der Waals surface area contributed by atoms with Gasteiger partial charge >= 0.3 is 0 Å². The SMILES string of the molecule is [CH2]c1c(F)c(F)c(CC(C)=CCl)c(F)c1F. The second kappa shape index (κ2) is 4.87. The fraction of sp³-hybridized carbons (Fsp3) is 0.182. The second-order valence-corrected chi connectivity index (χ2v) is 3.56. The summed E-state index contributed by atoms with van der Waals surface area (Å²) in [6, 6.07) is 0. The summed E-state index contributed by atoms with van der Waals surface area (Å²) in [5, 5.41) is 0. The van der Waals surface area contributed by atoms with Crippen molar-refractivity contribution in [3.8, 4) is 0 Å². The molecule has 0 saturated carbocycles. The first kappa shape index (κ1) is 13.0. The van der Waals surface area contributed by atoms with Crippen molar-refractivity contribution in [1.82, 2.24) is 0 Å². The molecular weight excluding hydrogens is 244 g/mol. The average Bonchev–Trinajstić information content (AvgIpc) is 2.29. The normalized spacial score (nSPS) is 12.1. The summed E-state index contributed by atoms with van der Waals surface area (Å²) in [5.74, 6) is -5.81. The summed E-state index contributed by atoms with van der Waals surface area (Å²) in [6.07, 6.45) is -0.296. The Bertz CT molecular complexity index is 423. The minimum atomic E-state index is -1.48. The first-order chi connectivity index (χ1) is 7.40. The van der Waals surface area contributed by atoms with Crippen LogP contribution in [0.2, 0.25) is 0 Å². The van der Waals surface area contributed by atoms with E-state index in [4.69, 9.17) is 11.6 Å². The Morgan fingerprint density at radius 2 is 1.56 bits per heavy atom. The fourth-order valence-corrected chi connectivity index (χ4v) is 1.27. The quantitative estimate of drug-likeness (QED) is 0.548. The predicted molar refractivity (Wildman–Crippen MR) is 54.0 cm³/mol. The summed E-state index contributed by atoms with van der Waals surface area (Å²) in [7, 11) is 0. The maximum atomic E-state index is 13.3. The summed E-state index contributed by atoms with van der Waals surface area (Å²) >= 11 is 5.31. The lowest BCUT2D eigenvalue weighted by molar-refractivity contribution is 0.437. The van der Waals surface area contributed by atoms with Gasteiger partial charge in [0.1, 0.15) is 0 Å². The summed E-state index contributed by atoms with van der Waals surface area (Å²) in [6.45, 7) is 4.40. The predicted octanol–water partition coefficient (Wildman–Crippen LogP) is 4.11. The van der Waals surface area contributed by atoms with Crippen LogP contribution in [-0.4, -0.2) is 0 Å². The molecule has 0 saturated heterocycles. The van der Waals surface area contributed by atoms with Gasteiger partial charge in [0.05, 0.1) is 0 Å². The molecule has 0 unspecified atom stereocenters. The van der Waals surface area contributed by atoms with E-state index in [2.05, 4.69) is 6.92 Å². The first-order valence-corrected chi connectivity index (χ1v) is 4.76. The minimum Gasteiger partial charge on any atom is -0.203 e. The van der Waals surface area contributed by atoms with Crippen LogP contribution in [0.15, 0.2) is 11.1 Å². The highest BCUT2D eigenvalue weighted by Gasteiger charge is 2.22. The van der Waals surface area contributed by atoms with Gasteiger partial charge in [-0.1, -0.05) is 17.2 Å². The van der Waals surface area contributed by atoms with Crippen molar-refractivity contribution in [3.63, 3.8) is 0 Å². The lowest BCUT2D eigenvalue weighted by Gasteiger charge is -2.09. The molecule has 0 amide bonds. The van der Waals surface area contributed by atoms with Gasteiger partial charge in [0.2, 0.25) is 0 Å². The molecule has 1 rings (SSSR count). The van der Waals surface area contributed by atoms with Crippen LogP contribution in [0, 0.1) is 30.2 Å². The molecule has 0 N–H and O–H groups in total.